The molecule has 0 saturated carbocycles. The lowest BCUT2D eigenvalue weighted by Gasteiger charge is -2.39. The van der Waals surface area contributed by atoms with E-state index in [4.69, 9.17) is 16.3 Å². The summed E-state index contributed by atoms with van der Waals surface area (Å²) < 4.78 is 5.22. The van der Waals surface area contributed by atoms with Crippen molar-refractivity contribution in [2.45, 2.75) is 26.3 Å². The third-order valence-corrected chi connectivity index (χ3v) is 5.46. The fourth-order valence-electron chi connectivity index (χ4n) is 3.55. The molecule has 1 atom stereocenters. The van der Waals surface area contributed by atoms with Crippen molar-refractivity contribution in [3.8, 4) is 5.75 Å². The van der Waals surface area contributed by atoms with Gasteiger partial charge in [0.25, 0.3) is 5.91 Å². The van der Waals surface area contributed by atoms with Gasteiger partial charge in [0, 0.05) is 30.2 Å². The molecule has 5 nitrogen and oxygen atoms in total. The average molecular weight is 401 g/mol. The number of benzene rings is 2. The van der Waals surface area contributed by atoms with Gasteiger partial charge in [-0.15, -0.1) is 0 Å². The number of likely N-dealkylation sites (tertiary alicyclic amines) is 1. The minimum Gasteiger partial charge on any atom is -0.497 e. The third-order valence-electron chi connectivity index (χ3n) is 5.21. The van der Waals surface area contributed by atoms with E-state index in [9.17, 15) is 9.59 Å². The normalized spacial score (nSPS) is 19.2. The van der Waals surface area contributed by atoms with Crippen LogP contribution >= 0.6 is 11.6 Å². The first-order valence-corrected chi connectivity index (χ1v) is 9.75. The van der Waals surface area contributed by atoms with Gasteiger partial charge in [0.15, 0.2) is 0 Å². The number of carbonyl (C=O) groups excluding carboxylic acids is 2. The maximum absolute atomic E-state index is 12.9. The van der Waals surface area contributed by atoms with E-state index in [1.165, 1.54) is 0 Å². The van der Waals surface area contributed by atoms with Crippen LogP contribution in [0.3, 0.4) is 0 Å². The van der Waals surface area contributed by atoms with E-state index in [-0.39, 0.29) is 11.8 Å². The topological polar surface area (TPSA) is 58.6 Å². The highest BCUT2D eigenvalue weighted by molar-refractivity contribution is 6.30. The second kappa shape index (κ2) is 8.65. The van der Waals surface area contributed by atoms with Crippen LogP contribution in [0.25, 0.3) is 0 Å². The molecule has 2 amide bonds. The summed E-state index contributed by atoms with van der Waals surface area (Å²) in [7, 11) is 1.62. The number of hydrogen-bond donors (Lipinski definition) is 1. The van der Waals surface area contributed by atoms with Gasteiger partial charge < -0.3 is 15.0 Å². The zero-order valence-electron chi connectivity index (χ0n) is 16.2. The summed E-state index contributed by atoms with van der Waals surface area (Å²) in [6.45, 7) is 3.41. The van der Waals surface area contributed by atoms with E-state index < -0.39 is 5.41 Å². The average Bonchev–Trinajstić information content (AvgIpc) is 2.72. The molecule has 1 saturated heterocycles. The standard InChI is InChI=1S/C22H25ClN2O3/c1-22(21(27)24-14-16-5-3-6-19(13-16)28-2)11-4-12-25(15-22)20(26)17-7-9-18(23)10-8-17/h3,5-10,13H,4,11-12,14-15H2,1-2H3,(H,24,27). The first-order chi connectivity index (χ1) is 13.4. The molecule has 1 N–H and O–H groups in total. The number of rotatable bonds is 5. The minimum absolute atomic E-state index is 0.0380. The summed E-state index contributed by atoms with van der Waals surface area (Å²) in [6, 6.07) is 14.5. The molecule has 28 heavy (non-hydrogen) atoms. The molecule has 0 spiro atoms. The Kier molecular flexibility index (Phi) is 6.25. The van der Waals surface area contributed by atoms with Crippen molar-refractivity contribution in [1.29, 1.82) is 0 Å². The quantitative estimate of drug-likeness (QED) is 0.827. The largest absolute Gasteiger partial charge is 0.497 e. The summed E-state index contributed by atoms with van der Waals surface area (Å²) in [5.41, 5.74) is 0.950. The molecule has 1 fully saturated rings. The number of amides is 2. The minimum atomic E-state index is -0.612. The Bertz CT molecular complexity index is 853. The summed E-state index contributed by atoms with van der Waals surface area (Å²) in [5, 5.41) is 3.61. The molecule has 6 heteroatoms. The van der Waals surface area contributed by atoms with Gasteiger partial charge in [-0.3, -0.25) is 9.59 Å². The molecular weight excluding hydrogens is 376 g/mol. The Balaban J connectivity index is 1.64. The van der Waals surface area contributed by atoms with E-state index in [0.29, 0.717) is 30.2 Å². The van der Waals surface area contributed by atoms with Gasteiger partial charge in [-0.1, -0.05) is 23.7 Å². The lowest BCUT2D eigenvalue weighted by atomic mass is 9.80. The van der Waals surface area contributed by atoms with Crippen molar-refractivity contribution in [3.63, 3.8) is 0 Å². The number of halogens is 1. The molecule has 1 unspecified atom stereocenters. The van der Waals surface area contributed by atoms with Gasteiger partial charge in [-0.05, 0) is 61.7 Å². The number of methoxy groups -OCH3 is 1. The predicted molar refractivity (Wildman–Crippen MR) is 110 cm³/mol. The smallest absolute Gasteiger partial charge is 0.253 e. The zero-order chi connectivity index (χ0) is 20.1. The number of carbonyl (C=O) groups is 2. The zero-order valence-corrected chi connectivity index (χ0v) is 17.0. The highest BCUT2D eigenvalue weighted by Gasteiger charge is 2.39. The summed E-state index contributed by atoms with van der Waals surface area (Å²) in [5.74, 6) is 0.655. The van der Waals surface area contributed by atoms with Crippen LogP contribution < -0.4 is 10.1 Å². The SMILES string of the molecule is COc1cccc(CNC(=O)C2(C)CCCN(C(=O)c3ccc(Cl)cc3)C2)c1. The first-order valence-electron chi connectivity index (χ1n) is 9.37. The van der Waals surface area contributed by atoms with Crippen LogP contribution in [0.15, 0.2) is 48.5 Å². The van der Waals surface area contributed by atoms with Crippen LogP contribution in [0.4, 0.5) is 0 Å². The second-order valence-electron chi connectivity index (χ2n) is 7.43. The van der Waals surface area contributed by atoms with Gasteiger partial charge in [-0.25, -0.2) is 0 Å². The van der Waals surface area contributed by atoms with Crippen molar-refractivity contribution in [1.82, 2.24) is 10.2 Å². The molecule has 1 heterocycles. The third kappa shape index (κ3) is 4.65. The number of piperidine rings is 1. The predicted octanol–water partition coefficient (Wildman–Crippen LogP) is 3.91. The van der Waals surface area contributed by atoms with Crippen molar-refractivity contribution < 1.29 is 14.3 Å². The fourth-order valence-corrected chi connectivity index (χ4v) is 3.68. The molecule has 1 aliphatic heterocycles. The van der Waals surface area contributed by atoms with Crippen LogP contribution in [-0.2, 0) is 11.3 Å². The highest BCUT2D eigenvalue weighted by Crippen LogP contribution is 2.31. The lowest BCUT2D eigenvalue weighted by molar-refractivity contribution is -0.132. The van der Waals surface area contributed by atoms with E-state index in [1.54, 1.807) is 36.3 Å². The van der Waals surface area contributed by atoms with Crippen molar-refractivity contribution in [2.24, 2.45) is 5.41 Å². The van der Waals surface area contributed by atoms with Crippen molar-refractivity contribution in [3.05, 3.63) is 64.7 Å². The van der Waals surface area contributed by atoms with Gasteiger partial charge in [0.1, 0.15) is 5.75 Å². The molecule has 2 aromatic rings. The van der Waals surface area contributed by atoms with Gasteiger partial charge in [0.2, 0.25) is 5.91 Å². The number of ether oxygens (including phenoxy) is 1. The number of nitrogens with zero attached hydrogens (tertiary/aromatic N) is 1. The van der Waals surface area contributed by atoms with Crippen LogP contribution in [-0.4, -0.2) is 36.9 Å². The molecule has 0 radical (unpaired) electrons. The van der Waals surface area contributed by atoms with E-state index in [0.717, 1.165) is 24.2 Å². The molecule has 2 aromatic carbocycles. The van der Waals surface area contributed by atoms with Crippen LogP contribution in [0.1, 0.15) is 35.7 Å². The van der Waals surface area contributed by atoms with Crippen molar-refractivity contribution in [2.75, 3.05) is 20.2 Å². The fraction of sp³-hybridized carbons (Fsp3) is 0.364. The molecule has 0 aliphatic carbocycles. The molecule has 1 aliphatic rings. The van der Waals surface area contributed by atoms with E-state index in [1.807, 2.05) is 31.2 Å². The van der Waals surface area contributed by atoms with Crippen LogP contribution in [0.5, 0.6) is 5.75 Å². The maximum Gasteiger partial charge on any atom is 0.253 e. The van der Waals surface area contributed by atoms with Gasteiger partial charge in [-0.2, -0.15) is 0 Å². The summed E-state index contributed by atoms with van der Waals surface area (Å²) in [4.78, 5) is 27.5. The second-order valence-corrected chi connectivity index (χ2v) is 7.87. The Hall–Kier alpha value is -2.53. The molecule has 3 rings (SSSR count). The van der Waals surface area contributed by atoms with Crippen molar-refractivity contribution >= 4 is 23.4 Å². The van der Waals surface area contributed by atoms with Gasteiger partial charge in [0.05, 0.1) is 12.5 Å². The Morgan fingerprint density at radius 1 is 1.21 bits per heavy atom. The van der Waals surface area contributed by atoms with Crippen LogP contribution in [0.2, 0.25) is 5.02 Å². The Labute approximate surface area is 170 Å². The summed E-state index contributed by atoms with van der Waals surface area (Å²) >= 11 is 5.91. The van der Waals surface area contributed by atoms with Gasteiger partial charge >= 0.3 is 0 Å². The monoisotopic (exact) mass is 400 g/mol. The maximum atomic E-state index is 12.9. The van der Waals surface area contributed by atoms with Crippen LogP contribution in [0, 0.1) is 5.41 Å². The summed E-state index contributed by atoms with van der Waals surface area (Å²) in [6.07, 6.45) is 1.55. The van der Waals surface area contributed by atoms with E-state index >= 15 is 0 Å². The molecular formula is C22H25ClN2O3. The molecule has 0 aromatic heterocycles. The first kappa shape index (κ1) is 20.2. The molecule has 0 bridgehead atoms. The number of nitrogens with one attached hydrogen (secondary N) is 1. The molecule has 148 valence electrons. The highest BCUT2D eigenvalue weighted by atomic mass is 35.5. The lowest BCUT2D eigenvalue weighted by Crippen LogP contribution is -2.51. The Morgan fingerprint density at radius 2 is 1.96 bits per heavy atom. The number of hydrogen-bond acceptors (Lipinski definition) is 3. The van der Waals surface area contributed by atoms with E-state index in [2.05, 4.69) is 5.32 Å². The Morgan fingerprint density at radius 3 is 2.68 bits per heavy atom.